The van der Waals surface area contributed by atoms with Gasteiger partial charge >= 0.3 is 7.12 Å². The van der Waals surface area contributed by atoms with E-state index in [0.29, 0.717) is 24.4 Å². The third-order valence-electron chi connectivity index (χ3n) is 5.59. The van der Waals surface area contributed by atoms with Crippen molar-refractivity contribution in [1.29, 1.82) is 0 Å². The molecule has 0 unspecified atom stereocenters. The number of hydrogen-bond acceptors (Lipinski definition) is 4. The van der Waals surface area contributed by atoms with E-state index < -0.39 is 30.0 Å². The molecule has 1 aliphatic rings. The first-order valence-electron chi connectivity index (χ1n) is 9.44. The van der Waals surface area contributed by atoms with Crippen molar-refractivity contribution in [2.75, 3.05) is 13.7 Å². The standard InChI is InChI=1S/C20H27BF2N2O3/c1-13-15(12-25(24-13)10-7-11-26-6)14-8-9-16(18(23)17(14)22)21-27-19(2,3)20(4,5)28-21/h8-9,12H,7,10-11H2,1-6H3. The molecule has 0 amide bonds. The summed E-state index contributed by atoms with van der Waals surface area (Å²) in [5.41, 5.74) is 0.185. The van der Waals surface area contributed by atoms with Gasteiger partial charge in [0, 0.05) is 43.0 Å². The summed E-state index contributed by atoms with van der Waals surface area (Å²) in [6.45, 7) is 10.5. The Morgan fingerprint density at radius 2 is 1.71 bits per heavy atom. The molecule has 0 aliphatic carbocycles. The molecule has 3 rings (SSSR count). The summed E-state index contributed by atoms with van der Waals surface area (Å²) in [5.74, 6) is -1.88. The van der Waals surface area contributed by atoms with Crippen molar-refractivity contribution < 1.29 is 22.8 Å². The van der Waals surface area contributed by atoms with Crippen LogP contribution < -0.4 is 5.46 Å². The number of benzene rings is 1. The number of aryl methyl sites for hydroxylation is 2. The maximum atomic E-state index is 14.9. The van der Waals surface area contributed by atoms with Crippen molar-refractivity contribution in [3.8, 4) is 11.1 Å². The normalized spacial score (nSPS) is 18.1. The van der Waals surface area contributed by atoms with Crippen LogP contribution in [0.15, 0.2) is 18.3 Å². The molecule has 0 N–H and O–H groups in total. The summed E-state index contributed by atoms with van der Waals surface area (Å²) in [6.07, 6.45) is 2.52. The van der Waals surface area contributed by atoms with Crippen molar-refractivity contribution in [2.24, 2.45) is 0 Å². The van der Waals surface area contributed by atoms with E-state index in [1.54, 1.807) is 31.0 Å². The summed E-state index contributed by atoms with van der Waals surface area (Å²) in [5, 5.41) is 4.39. The maximum Gasteiger partial charge on any atom is 0.497 e. The molecule has 5 nitrogen and oxygen atoms in total. The van der Waals surface area contributed by atoms with Gasteiger partial charge in [-0.1, -0.05) is 12.1 Å². The second kappa shape index (κ2) is 7.57. The summed E-state index contributed by atoms with van der Waals surface area (Å²) in [4.78, 5) is 0. The lowest BCUT2D eigenvalue weighted by atomic mass is 9.78. The van der Waals surface area contributed by atoms with Crippen LogP contribution in [0.5, 0.6) is 0 Å². The molecule has 0 bridgehead atoms. The minimum atomic E-state index is -0.956. The highest BCUT2D eigenvalue weighted by Crippen LogP contribution is 2.37. The van der Waals surface area contributed by atoms with Gasteiger partial charge in [-0.3, -0.25) is 4.68 Å². The Morgan fingerprint density at radius 1 is 1.07 bits per heavy atom. The van der Waals surface area contributed by atoms with Gasteiger partial charge in [0.05, 0.1) is 16.9 Å². The lowest BCUT2D eigenvalue weighted by molar-refractivity contribution is 0.00578. The highest BCUT2D eigenvalue weighted by Gasteiger charge is 2.52. The van der Waals surface area contributed by atoms with Gasteiger partial charge in [0.15, 0.2) is 11.6 Å². The zero-order chi connectivity index (χ0) is 20.7. The van der Waals surface area contributed by atoms with E-state index >= 15 is 0 Å². The average Bonchev–Trinajstić information content (AvgIpc) is 3.06. The van der Waals surface area contributed by atoms with Gasteiger partial charge in [0.2, 0.25) is 0 Å². The molecule has 1 aliphatic heterocycles. The molecular formula is C20H27BF2N2O3. The lowest BCUT2D eigenvalue weighted by Crippen LogP contribution is -2.41. The fraction of sp³-hybridized carbons (Fsp3) is 0.550. The van der Waals surface area contributed by atoms with Crippen LogP contribution in [0.1, 0.15) is 39.8 Å². The topological polar surface area (TPSA) is 45.5 Å². The minimum Gasteiger partial charge on any atom is -0.399 e. The molecule has 1 fully saturated rings. The molecule has 1 aromatic heterocycles. The number of nitrogens with zero attached hydrogens (tertiary/aromatic N) is 2. The van der Waals surface area contributed by atoms with Crippen molar-refractivity contribution in [2.45, 2.75) is 58.8 Å². The monoisotopic (exact) mass is 392 g/mol. The molecule has 2 aromatic rings. The van der Waals surface area contributed by atoms with Crippen LogP contribution in [-0.4, -0.2) is 41.8 Å². The fourth-order valence-corrected chi connectivity index (χ4v) is 3.19. The second-order valence-electron chi connectivity index (χ2n) is 8.16. The second-order valence-corrected chi connectivity index (χ2v) is 8.16. The lowest BCUT2D eigenvalue weighted by Gasteiger charge is -2.32. The number of rotatable bonds is 6. The summed E-state index contributed by atoms with van der Waals surface area (Å²) in [6, 6.07) is 3.08. The van der Waals surface area contributed by atoms with Gasteiger partial charge < -0.3 is 14.0 Å². The summed E-state index contributed by atoms with van der Waals surface area (Å²) >= 11 is 0. The van der Waals surface area contributed by atoms with E-state index in [1.165, 1.54) is 6.07 Å². The molecule has 2 heterocycles. The van der Waals surface area contributed by atoms with E-state index in [9.17, 15) is 8.78 Å². The molecule has 0 atom stereocenters. The Hall–Kier alpha value is -1.77. The van der Waals surface area contributed by atoms with Crippen LogP contribution in [0, 0.1) is 18.6 Å². The number of ether oxygens (including phenoxy) is 1. The molecule has 1 aromatic carbocycles. The molecule has 152 valence electrons. The Balaban J connectivity index is 1.90. The van der Waals surface area contributed by atoms with Crippen LogP contribution in [0.2, 0.25) is 0 Å². The Bertz CT molecular complexity index is 851. The van der Waals surface area contributed by atoms with E-state index in [-0.39, 0.29) is 11.0 Å². The number of hydrogen-bond donors (Lipinski definition) is 0. The van der Waals surface area contributed by atoms with E-state index in [0.717, 1.165) is 6.42 Å². The predicted molar refractivity (Wildman–Crippen MR) is 105 cm³/mol. The molecule has 8 heteroatoms. The smallest absolute Gasteiger partial charge is 0.399 e. The van der Waals surface area contributed by atoms with Gasteiger partial charge in [-0.05, 0) is 41.0 Å². The van der Waals surface area contributed by atoms with Gasteiger partial charge in [-0.25, -0.2) is 8.78 Å². The summed E-state index contributed by atoms with van der Waals surface area (Å²) < 4.78 is 48.3. The van der Waals surface area contributed by atoms with Crippen molar-refractivity contribution >= 4 is 12.6 Å². The first kappa shape index (κ1) is 21.0. The number of halogens is 2. The van der Waals surface area contributed by atoms with Crippen LogP contribution in [0.3, 0.4) is 0 Å². The third-order valence-corrected chi connectivity index (χ3v) is 5.59. The number of methoxy groups -OCH3 is 1. The first-order valence-corrected chi connectivity index (χ1v) is 9.44. The Kier molecular flexibility index (Phi) is 5.67. The fourth-order valence-electron chi connectivity index (χ4n) is 3.19. The maximum absolute atomic E-state index is 14.9. The first-order chi connectivity index (χ1) is 13.1. The van der Waals surface area contributed by atoms with Gasteiger partial charge in [0.25, 0.3) is 0 Å². The molecule has 0 radical (unpaired) electrons. The molecule has 1 saturated heterocycles. The zero-order valence-electron chi connectivity index (χ0n) is 17.3. The SMILES string of the molecule is COCCCn1cc(-c2ccc(B3OC(C)(C)C(C)(C)O3)c(F)c2F)c(C)n1. The predicted octanol–water partition coefficient (Wildman–Crippen LogP) is 3.47. The third kappa shape index (κ3) is 3.73. The van der Waals surface area contributed by atoms with Crippen LogP contribution in [-0.2, 0) is 20.6 Å². The van der Waals surface area contributed by atoms with Crippen molar-refractivity contribution in [3.63, 3.8) is 0 Å². The highest BCUT2D eigenvalue weighted by molar-refractivity contribution is 6.62. The minimum absolute atomic E-state index is 0.0602. The summed E-state index contributed by atoms with van der Waals surface area (Å²) in [7, 11) is 0.686. The molecule has 28 heavy (non-hydrogen) atoms. The van der Waals surface area contributed by atoms with E-state index in [1.807, 2.05) is 27.7 Å². The van der Waals surface area contributed by atoms with Crippen LogP contribution in [0.25, 0.3) is 11.1 Å². The molecular weight excluding hydrogens is 365 g/mol. The van der Waals surface area contributed by atoms with E-state index in [2.05, 4.69) is 5.10 Å². The van der Waals surface area contributed by atoms with Crippen molar-refractivity contribution in [1.82, 2.24) is 9.78 Å². The largest absolute Gasteiger partial charge is 0.497 e. The van der Waals surface area contributed by atoms with E-state index in [4.69, 9.17) is 14.0 Å². The quantitative estimate of drug-likeness (QED) is 0.558. The Labute approximate surface area is 165 Å². The number of aromatic nitrogens is 2. The molecule has 0 spiro atoms. The average molecular weight is 392 g/mol. The highest BCUT2D eigenvalue weighted by atomic mass is 19.2. The van der Waals surface area contributed by atoms with Gasteiger partial charge in [-0.2, -0.15) is 5.10 Å². The van der Waals surface area contributed by atoms with Gasteiger partial charge in [-0.15, -0.1) is 0 Å². The van der Waals surface area contributed by atoms with Crippen LogP contribution >= 0.6 is 0 Å². The van der Waals surface area contributed by atoms with Crippen molar-refractivity contribution in [3.05, 3.63) is 35.7 Å². The van der Waals surface area contributed by atoms with Crippen LogP contribution in [0.4, 0.5) is 8.78 Å². The Morgan fingerprint density at radius 3 is 2.32 bits per heavy atom. The molecule has 0 saturated carbocycles. The zero-order valence-corrected chi connectivity index (χ0v) is 17.3. The van der Waals surface area contributed by atoms with Gasteiger partial charge in [0.1, 0.15) is 0 Å².